The van der Waals surface area contributed by atoms with Crippen LogP contribution in [0.3, 0.4) is 0 Å². The van der Waals surface area contributed by atoms with E-state index in [1.165, 1.54) is 16.7 Å². The number of fused-ring (bicyclic) bond motifs is 1. The molecule has 4 aromatic rings. The van der Waals surface area contributed by atoms with E-state index in [1.54, 1.807) is 56.6 Å². The molecule has 0 saturated heterocycles. The number of pyridine rings is 1. The molecule has 0 amide bonds. The second-order valence-electron chi connectivity index (χ2n) is 7.82. The minimum absolute atomic E-state index is 0.154. The molecule has 0 radical (unpaired) electrons. The van der Waals surface area contributed by atoms with Crippen molar-refractivity contribution in [1.82, 2.24) is 4.57 Å². The van der Waals surface area contributed by atoms with Crippen molar-refractivity contribution in [3.63, 3.8) is 0 Å². The molecule has 0 saturated carbocycles. The Kier molecular flexibility index (Phi) is 6.98. The number of benzene rings is 3. The van der Waals surface area contributed by atoms with Crippen LogP contribution in [0.2, 0.25) is 0 Å². The number of aliphatic hydroxyl groups is 1. The SMILES string of the molecule is CCOC(=O)/C=C/c1ccc(-c2cn(-c3ccc(OC)cc3)c(=O)c3c(O)cc(CO)cc23)cc1. The van der Waals surface area contributed by atoms with Crippen molar-refractivity contribution in [2.75, 3.05) is 13.7 Å². The number of carbonyl (C=O) groups is 1. The predicted molar refractivity (Wildman–Crippen MR) is 135 cm³/mol. The number of phenolic OH excluding ortho intramolecular Hbond substituents is 1. The lowest BCUT2D eigenvalue weighted by Gasteiger charge is -2.15. The maximum Gasteiger partial charge on any atom is 0.330 e. The van der Waals surface area contributed by atoms with Crippen molar-refractivity contribution in [3.05, 3.63) is 94.4 Å². The van der Waals surface area contributed by atoms with Gasteiger partial charge in [-0.2, -0.15) is 0 Å². The Bertz CT molecular complexity index is 1450. The number of aromatic nitrogens is 1. The van der Waals surface area contributed by atoms with Crippen LogP contribution in [-0.2, 0) is 16.1 Å². The highest BCUT2D eigenvalue weighted by molar-refractivity contribution is 5.99. The smallest absolute Gasteiger partial charge is 0.330 e. The summed E-state index contributed by atoms with van der Waals surface area (Å²) in [5.74, 6) is 0.0421. The maximum absolute atomic E-state index is 13.4. The summed E-state index contributed by atoms with van der Waals surface area (Å²) in [4.78, 5) is 25.0. The summed E-state index contributed by atoms with van der Waals surface area (Å²) in [7, 11) is 1.57. The number of phenols is 1. The highest BCUT2D eigenvalue weighted by Crippen LogP contribution is 2.33. The third-order valence-electron chi connectivity index (χ3n) is 5.61. The molecule has 2 N–H and O–H groups in total. The molecule has 7 nitrogen and oxygen atoms in total. The standard InChI is InChI=1S/C28H25NO6/c1-3-35-26(32)13-6-18-4-7-20(8-5-18)24-16-29(21-9-11-22(34-2)12-10-21)28(33)27-23(24)14-19(17-30)15-25(27)31/h4-16,30-31H,3,17H2,1-2H3/b13-6+. The molecule has 1 aromatic heterocycles. The van der Waals surface area contributed by atoms with Crippen molar-refractivity contribution in [1.29, 1.82) is 0 Å². The van der Waals surface area contributed by atoms with Gasteiger partial charge in [0.2, 0.25) is 0 Å². The summed E-state index contributed by atoms with van der Waals surface area (Å²) in [6.45, 7) is 1.78. The number of aliphatic hydroxyl groups excluding tert-OH is 1. The number of esters is 1. The second kappa shape index (κ2) is 10.3. The van der Waals surface area contributed by atoms with E-state index >= 15 is 0 Å². The molecule has 0 aliphatic carbocycles. The Morgan fingerprint density at radius 2 is 1.77 bits per heavy atom. The summed E-state index contributed by atoms with van der Waals surface area (Å²) in [6, 6.07) is 17.6. The van der Waals surface area contributed by atoms with Gasteiger partial charge in [-0.25, -0.2) is 4.79 Å². The van der Waals surface area contributed by atoms with E-state index in [4.69, 9.17) is 9.47 Å². The van der Waals surface area contributed by atoms with Gasteiger partial charge in [0.05, 0.1) is 25.7 Å². The van der Waals surface area contributed by atoms with Gasteiger partial charge >= 0.3 is 5.97 Å². The Morgan fingerprint density at radius 1 is 1.06 bits per heavy atom. The average Bonchev–Trinajstić information content (AvgIpc) is 2.88. The van der Waals surface area contributed by atoms with Crippen molar-refractivity contribution in [2.24, 2.45) is 0 Å². The van der Waals surface area contributed by atoms with Gasteiger partial charge in [-0.1, -0.05) is 24.3 Å². The highest BCUT2D eigenvalue weighted by atomic mass is 16.5. The van der Waals surface area contributed by atoms with Crippen LogP contribution in [-0.4, -0.2) is 34.5 Å². The first-order chi connectivity index (χ1) is 16.9. The number of hydrogen-bond donors (Lipinski definition) is 2. The van der Waals surface area contributed by atoms with Crippen LogP contribution in [0, 0.1) is 0 Å². The van der Waals surface area contributed by atoms with Crippen molar-refractivity contribution in [2.45, 2.75) is 13.5 Å². The van der Waals surface area contributed by atoms with Crippen LogP contribution in [0.4, 0.5) is 0 Å². The Hall–Kier alpha value is -4.36. The molecule has 4 rings (SSSR count). The molecule has 3 aromatic carbocycles. The molecule has 0 atom stereocenters. The first-order valence-corrected chi connectivity index (χ1v) is 11.1. The summed E-state index contributed by atoms with van der Waals surface area (Å²) in [6.07, 6.45) is 4.74. The van der Waals surface area contributed by atoms with E-state index < -0.39 is 5.97 Å². The fourth-order valence-electron chi connectivity index (χ4n) is 3.88. The third-order valence-corrected chi connectivity index (χ3v) is 5.61. The van der Waals surface area contributed by atoms with Gasteiger partial charge in [0, 0.05) is 28.9 Å². The lowest BCUT2D eigenvalue weighted by atomic mass is 9.97. The Labute approximate surface area is 202 Å². The van der Waals surface area contributed by atoms with Crippen molar-refractivity contribution < 1.29 is 24.5 Å². The van der Waals surface area contributed by atoms with E-state index in [0.29, 0.717) is 34.6 Å². The molecule has 0 bridgehead atoms. The van der Waals surface area contributed by atoms with Crippen molar-refractivity contribution >= 4 is 22.8 Å². The Balaban J connectivity index is 1.88. The third kappa shape index (κ3) is 4.95. The molecule has 0 fully saturated rings. The fourth-order valence-corrected chi connectivity index (χ4v) is 3.88. The van der Waals surface area contributed by atoms with Gasteiger partial charge in [0.25, 0.3) is 5.56 Å². The first kappa shape index (κ1) is 23.8. The van der Waals surface area contributed by atoms with Crippen LogP contribution >= 0.6 is 0 Å². The minimum Gasteiger partial charge on any atom is -0.507 e. The number of carbonyl (C=O) groups excluding carboxylic acids is 1. The van der Waals surface area contributed by atoms with Crippen LogP contribution < -0.4 is 10.3 Å². The molecular formula is C28H25NO6. The summed E-state index contributed by atoms with van der Waals surface area (Å²) in [5, 5.41) is 21.0. The molecule has 178 valence electrons. The normalized spacial score (nSPS) is 11.2. The number of rotatable bonds is 7. The number of ether oxygens (including phenoxy) is 2. The molecule has 0 unspecified atom stereocenters. The minimum atomic E-state index is -0.416. The molecular weight excluding hydrogens is 446 g/mol. The maximum atomic E-state index is 13.4. The van der Waals surface area contributed by atoms with Crippen LogP contribution in [0.5, 0.6) is 11.5 Å². The largest absolute Gasteiger partial charge is 0.507 e. The van der Waals surface area contributed by atoms with Gasteiger partial charge in [0.1, 0.15) is 11.5 Å². The number of methoxy groups -OCH3 is 1. The quantitative estimate of drug-likeness (QED) is 0.306. The summed E-state index contributed by atoms with van der Waals surface area (Å²) >= 11 is 0. The van der Waals surface area contributed by atoms with Crippen LogP contribution in [0.25, 0.3) is 33.7 Å². The molecule has 0 spiro atoms. The van der Waals surface area contributed by atoms with E-state index in [2.05, 4.69) is 0 Å². The number of hydrogen-bond acceptors (Lipinski definition) is 6. The monoisotopic (exact) mass is 471 g/mol. The zero-order chi connectivity index (χ0) is 24.9. The summed E-state index contributed by atoms with van der Waals surface area (Å²) in [5.41, 5.74) is 3.01. The molecule has 0 aliphatic heterocycles. The van der Waals surface area contributed by atoms with Gasteiger partial charge in [-0.15, -0.1) is 0 Å². The zero-order valence-corrected chi connectivity index (χ0v) is 19.4. The lowest BCUT2D eigenvalue weighted by Crippen LogP contribution is -2.18. The molecule has 1 heterocycles. The topological polar surface area (TPSA) is 98.0 Å². The van der Waals surface area contributed by atoms with Crippen LogP contribution in [0.1, 0.15) is 18.1 Å². The second-order valence-corrected chi connectivity index (χ2v) is 7.82. The van der Waals surface area contributed by atoms with E-state index in [-0.39, 0.29) is 23.3 Å². The highest BCUT2D eigenvalue weighted by Gasteiger charge is 2.16. The Morgan fingerprint density at radius 3 is 2.40 bits per heavy atom. The fraction of sp³-hybridized carbons (Fsp3) is 0.143. The molecule has 0 aliphatic rings. The lowest BCUT2D eigenvalue weighted by molar-refractivity contribution is -0.137. The predicted octanol–water partition coefficient (Wildman–Crippen LogP) is 4.44. The first-order valence-electron chi connectivity index (χ1n) is 11.1. The molecule has 7 heteroatoms. The molecule has 35 heavy (non-hydrogen) atoms. The number of aromatic hydroxyl groups is 1. The van der Waals surface area contributed by atoms with Gasteiger partial charge in [-0.3, -0.25) is 9.36 Å². The average molecular weight is 472 g/mol. The van der Waals surface area contributed by atoms with Gasteiger partial charge < -0.3 is 19.7 Å². The summed E-state index contributed by atoms with van der Waals surface area (Å²) < 4.78 is 11.6. The number of nitrogens with zero attached hydrogens (tertiary/aromatic N) is 1. The van der Waals surface area contributed by atoms with E-state index in [0.717, 1.165) is 11.1 Å². The van der Waals surface area contributed by atoms with Gasteiger partial charge in [0.15, 0.2) is 0 Å². The zero-order valence-electron chi connectivity index (χ0n) is 19.4. The van der Waals surface area contributed by atoms with Crippen LogP contribution in [0.15, 0.2) is 77.7 Å². The van der Waals surface area contributed by atoms with E-state index in [9.17, 15) is 19.8 Å². The van der Waals surface area contributed by atoms with Gasteiger partial charge in [-0.05, 0) is 66.1 Å². The van der Waals surface area contributed by atoms with E-state index in [1.807, 2.05) is 24.3 Å². The van der Waals surface area contributed by atoms with Crippen molar-refractivity contribution in [3.8, 4) is 28.3 Å².